The monoisotopic (exact) mass is 351 g/mol. The molecule has 136 valence electrons. The Kier molecular flexibility index (Phi) is 5.00. The third-order valence-corrected chi connectivity index (χ3v) is 5.53. The minimum absolute atomic E-state index is 0.0295. The van der Waals surface area contributed by atoms with Gasteiger partial charge in [-0.15, -0.1) is 0 Å². The molecule has 5 nitrogen and oxygen atoms in total. The van der Waals surface area contributed by atoms with Gasteiger partial charge < -0.3 is 9.64 Å². The fraction of sp³-hybridized carbons (Fsp3) is 0.429. The van der Waals surface area contributed by atoms with Gasteiger partial charge in [-0.1, -0.05) is 30.3 Å². The van der Waals surface area contributed by atoms with E-state index in [0.29, 0.717) is 25.7 Å². The number of benzene rings is 1. The molecule has 0 saturated carbocycles. The van der Waals surface area contributed by atoms with Gasteiger partial charge in [-0.05, 0) is 35.6 Å². The number of carbonyl (C=O) groups excluding carboxylic acids is 1. The van der Waals surface area contributed by atoms with Crippen LogP contribution in [0.3, 0.4) is 0 Å². The van der Waals surface area contributed by atoms with Crippen molar-refractivity contribution in [1.29, 1.82) is 0 Å². The second-order valence-corrected chi connectivity index (χ2v) is 7.25. The Balaban J connectivity index is 1.48. The first-order valence-electron chi connectivity index (χ1n) is 9.23. The number of hydrogen-bond acceptors (Lipinski definition) is 4. The topological polar surface area (TPSA) is 45.7 Å². The van der Waals surface area contributed by atoms with Gasteiger partial charge in [0.05, 0.1) is 12.6 Å². The van der Waals surface area contributed by atoms with Gasteiger partial charge in [0.15, 0.2) is 0 Å². The molecule has 1 aliphatic heterocycles. The molecular formula is C21H25N3O2. The first kappa shape index (κ1) is 17.2. The number of fused-ring (bicyclic) bond motifs is 1. The molecule has 1 aromatic heterocycles. The summed E-state index contributed by atoms with van der Waals surface area (Å²) in [4.78, 5) is 21.3. The van der Waals surface area contributed by atoms with Crippen LogP contribution in [-0.2, 0) is 28.9 Å². The molecule has 5 heteroatoms. The predicted octanol–water partition coefficient (Wildman–Crippen LogP) is 1.91. The van der Waals surface area contributed by atoms with Gasteiger partial charge in [0, 0.05) is 45.2 Å². The third kappa shape index (κ3) is 3.64. The molecule has 0 unspecified atom stereocenters. The number of ether oxygens (including phenoxy) is 1. The summed E-state index contributed by atoms with van der Waals surface area (Å²) in [5.41, 5.74) is 3.88. The maximum Gasteiger partial charge on any atom is 0.237 e. The van der Waals surface area contributed by atoms with Gasteiger partial charge in [-0.3, -0.25) is 14.7 Å². The van der Waals surface area contributed by atoms with Crippen molar-refractivity contribution in [2.75, 3.05) is 26.7 Å². The zero-order valence-electron chi connectivity index (χ0n) is 15.2. The number of carbonyl (C=O) groups is 1. The molecule has 0 spiro atoms. The van der Waals surface area contributed by atoms with Crippen LogP contribution in [0.4, 0.5) is 0 Å². The SMILES string of the molecule is CO[C@H]1CN(Cc2cccnc2)C(=O)CN(C2Cc3ccccc3C2)C1. The van der Waals surface area contributed by atoms with E-state index < -0.39 is 0 Å². The van der Waals surface area contributed by atoms with Gasteiger partial charge in [0.25, 0.3) is 0 Å². The van der Waals surface area contributed by atoms with E-state index in [9.17, 15) is 4.79 Å². The molecule has 4 rings (SSSR count). The van der Waals surface area contributed by atoms with Crippen molar-refractivity contribution in [3.63, 3.8) is 0 Å². The molecule has 2 aliphatic rings. The minimum Gasteiger partial charge on any atom is -0.378 e. The predicted molar refractivity (Wildman–Crippen MR) is 99.7 cm³/mol. The van der Waals surface area contributed by atoms with Crippen molar-refractivity contribution < 1.29 is 9.53 Å². The van der Waals surface area contributed by atoms with Crippen LogP contribution in [0.5, 0.6) is 0 Å². The second kappa shape index (κ2) is 7.56. The number of nitrogens with zero attached hydrogens (tertiary/aromatic N) is 3. The van der Waals surface area contributed by atoms with E-state index >= 15 is 0 Å². The molecule has 1 aromatic carbocycles. The van der Waals surface area contributed by atoms with Gasteiger partial charge in [-0.25, -0.2) is 0 Å². The minimum atomic E-state index is 0.0295. The average molecular weight is 351 g/mol. The van der Waals surface area contributed by atoms with E-state index in [1.165, 1.54) is 11.1 Å². The van der Waals surface area contributed by atoms with Crippen molar-refractivity contribution in [3.05, 3.63) is 65.5 Å². The van der Waals surface area contributed by atoms with Gasteiger partial charge in [-0.2, -0.15) is 0 Å². The third-order valence-electron chi connectivity index (χ3n) is 5.53. The van der Waals surface area contributed by atoms with Gasteiger partial charge in [0.1, 0.15) is 0 Å². The van der Waals surface area contributed by atoms with Crippen LogP contribution in [0.25, 0.3) is 0 Å². The van der Waals surface area contributed by atoms with Crippen molar-refractivity contribution >= 4 is 5.91 Å². The highest BCUT2D eigenvalue weighted by atomic mass is 16.5. The first-order valence-corrected chi connectivity index (χ1v) is 9.23. The first-order chi connectivity index (χ1) is 12.7. The average Bonchev–Trinajstić information content (AvgIpc) is 3.04. The summed E-state index contributed by atoms with van der Waals surface area (Å²) in [7, 11) is 1.74. The summed E-state index contributed by atoms with van der Waals surface area (Å²) in [6.07, 6.45) is 5.64. The Bertz CT molecular complexity index is 740. The normalized spacial score (nSPS) is 21.7. The van der Waals surface area contributed by atoms with E-state index in [2.05, 4.69) is 34.1 Å². The van der Waals surface area contributed by atoms with E-state index in [1.54, 1.807) is 13.3 Å². The Morgan fingerprint density at radius 2 is 1.88 bits per heavy atom. The second-order valence-electron chi connectivity index (χ2n) is 7.25. The highest BCUT2D eigenvalue weighted by molar-refractivity contribution is 5.78. The van der Waals surface area contributed by atoms with Crippen LogP contribution in [-0.4, -0.2) is 59.6 Å². The van der Waals surface area contributed by atoms with Crippen molar-refractivity contribution in [2.45, 2.75) is 31.5 Å². The standard InChI is InChI=1S/C21H25N3O2/c1-26-20-13-23(19-9-17-6-2-3-7-18(17)10-19)15-21(25)24(14-20)12-16-5-4-8-22-11-16/h2-8,11,19-20H,9-10,12-15H2,1H3/t20-/m1/s1. The quantitative estimate of drug-likeness (QED) is 0.844. The van der Waals surface area contributed by atoms with E-state index in [0.717, 1.165) is 24.9 Å². The zero-order chi connectivity index (χ0) is 17.9. The number of pyridine rings is 1. The summed E-state index contributed by atoms with van der Waals surface area (Å²) in [6, 6.07) is 12.9. The number of methoxy groups -OCH3 is 1. The van der Waals surface area contributed by atoms with Crippen molar-refractivity contribution in [2.24, 2.45) is 0 Å². The lowest BCUT2D eigenvalue weighted by molar-refractivity contribution is -0.132. The molecule has 1 aliphatic carbocycles. The van der Waals surface area contributed by atoms with Crippen LogP contribution in [0.2, 0.25) is 0 Å². The fourth-order valence-corrected chi connectivity index (χ4v) is 4.09. The number of rotatable bonds is 4. The molecule has 0 N–H and O–H groups in total. The lowest BCUT2D eigenvalue weighted by Crippen LogP contribution is -2.42. The molecule has 1 saturated heterocycles. The van der Waals surface area contributed by atoms with Crippen molar-refractivity contribution in [1.82, 2.24) is 14.8 Å². The van der Waals surface area contributed by atoms with E-state index in [1.807, 2.05) is 23.2 Å². The Labute approximate surface area is 154 Å². The molecule has 1 atom stereocenters. The summed E-state index contributed by atoms with van der Waals surface area (Å²) in [5, 5.41) is 0. The van der Waals surface area contributed by atoms with Crippen LogP contribution in [0.15, 0.2) is 48.8 Å². The smallest absolute Gasteiger partial charge is 0.237 e. The van der Waals surface area contributed by atoms with Crippen LogP contribution in [0.1, 0.15) is 16.7 Å². The summed E-state index contributed by atoms with van der Waals surface area (Å²) in [5.74, 6) is 0.171. The molecule has 0 radical (unpaired) electrons. The highest BCUT2D eigenvalue weighted by Crippen LogP contribution is 2.26. The largest absolute Gasteiger partial charge is 0.378 e. The summed E-state index contributed by atoms with van der Waals surface area (Å²) >= 11 is 0. The lowest BCUT2D eigenvalue weighted by Gasteiger charge is -2.28. The molecule has 1 fully saturated rings. The van der Waals surface area contributed by atoms with Crippen molar-refractivity contribution in [3.8, 4) is 0 Å². The molecular weight excluding hydrogens is 326 g/mol. The van der Waals surface area contributed by atoms with Crippen LogP contribution >= 0.6 is 0 Å². The van der Waals surface area contributed by atoms with Crippen LogP contribution < -0.4 is 0 Å². The van der Waals surface area contributed by atoms with Crippen LogP contribution in [0, 0.1) is 0 Å². The van der Waals surface area contributed by atoms with Gasteiger partial charge >= 0.3 is 0 Å². The molecule has 2 aromatic rings. The Morgan fingerprint density at radius 1 is 1.12 bits per heavy atom. The fourth-order valence-electron chi connectivity index (χ4n) is 4.09. The van der Waals surface area contributed by atoms with E-state index in [-0.39, 0.29) is 12.0 Å². The molecule has 1 amide bonds. The maximum atomic E-state index is 12.9. The Hall–Kier alpha value is -2.24. The maximum absolute atomic E-state index is 12.9. The molecule has 0 bridgehead atoms. The Morgan fingerprint density at radius 3 is 2.54 bits per heavy atom. The zero-order valence-corrected chi connectivity index (χ0v) is 15.2. The highest BCUT2D eigenvalue weighted by Gasteiger charge is 2.34. The van der Waals surface area contributed by atoms with E-state index in [4.69, 9.17) is 4.74 Å². The summed E-state index contributed by atoms with van der Waals surface area (Å²) < 4.78 is 5.70. The van der Waals surface area contributed by atoms with Gasteiger partial charge in [0.2, 0.25) is 5.91 Å². The molecule has 2 heterocycles. The number of amides is 1. The number of aromatic nitrogens is 1. The summed E-state index contributed by atoms with van der Waals surface area (Å²) in [6.45, 7) is 2.47. The molecule has 26 heavy (non-hydrogen) atoms. The number of hydrogen-bond donors (Lipinski definition) is 0. The lowest BCUT2D eigenvalue weighted by atomic mass is 10.1.